The molecular weight excluding hydrogens is 337 g/mol. The molecular formula is C11H15BrNO5P. The normalized spacial score (nSPS) is 15.6. The van der Waals surface area contributed by atoms with Gasteiger partial charge in [0.25, 0.3) is 0 Å². The third-order valence-corrected chi connectivity index (χ3v) is 5.55. The molecule has 0 spiro atoms. The van der Waals surface area contributed by atoms with Crippen LogP contribution in [0.15, 0.2) is 33.9 Å². The second-order valence-corrected chi connectivity index (χ2v) is 6.82. The summed E-state index contributed by atoms with van der Waals surface area (Å²) in [5.74, 6) is 0. The average Bonchev–Trinajstić information content (AvgIpc) is 2.45. The van der Waals surface area contributed by atoms with Crippen molar-refractivity contribution in [1.29, 1.82) is 0 Å². The molecule has 1 rings (SSSR count). The standard InChI is InChI=1S/C11H15BrNO5P/c1-16-11(8-13-14,19(15,17-2)18-3)9-4-6-10(12)7-5-9/h4-8,14H,1-3H3/b13-8+. The van der Waals surface area contributed by atoms with Crippen molar-refractivity contribution >= 4 is 29.7 Å². The Morgan fingerprint density at radius 2 is 1.79 bits per heavy atom. The SMILES string of the molecule is COC(/C=N/O)(c1ccc(Br)cc1)P(=O)(OC)OC. The molecule has 0 aliphatic rings. The third kappa shape index (κ3) is 2.90. The van der Waals surface area contributed by atoms with Gasteiger partial charge in [0.05, 0.1) is 6.21 Å². The molecule has 0 saturated heterocycles. The molecule has 1 atom stereocenters. The van der Waals surface area contributed by atoms with E-state index in [1.807, 2.05) is 0 Å². The van der Waals surface area contributed by atoms with Gasteiger partial charge in [0, 0.05) is 31.4 Å². The van der Waals surface area contributed by atoms with E-state index >= 15 is 0 Å². The first-order chi connectivity index (χ1) is 8.99. The summed E-state index contributed by atoms with van der Waals surface area (Å²) in [6.07, 6.45) is 0.990. The van der Waals surface area contributed by atoms with Crippen molar-refractivity contribution in [1.82, 2.24) is 0 Å². The van der Waals surface area contributed by atoms with Crippen LogP contribution in [0, 0.1) is 0 Å². The topological polar surface area (TPSA) is 77.4 Å². The molecule has 1 N–H and O–H groups in total. The molecule has 0 radical (unpaired) electrons. The van der Waals surface area contributed by atoms with Crippen molar-refractivity contribution in [3.8, 4) is 0 Å². The van der Waals surface area contributed by atoms with E-state index in [2.05, 4.69) is 21.1 Å². The zero-order valence-corrected chi connectivity index (χ0v) is 13.2. The quantitative estimate of drug-likeness (QED) is 0.368. The summed E-state index contributed by atoms with van der Waals surface area (Å²) in [6.45, 7) is 0. The number of ether oxygens (including phenoxy) is 1. The van der Waals surface area contributed by atoms with E-state index in [1.165, 1.54) is 21.3 Å². The fourth-order valence-corrected chi connectivity index (χ4v) is 3.54. The van der Waals surface area contributed by atoms with Gasteiger partial charge in [-0.25, -0.2) is 0 Å². The van der Waals surface area contributed by atoms with Crippen molar-refractivity contribution in [2.24, 2.45) is 5.16 Å². The first-order valence-electron chi connectivity index (χ1n) is 5.21. The molecule has 0 amide bonds. The molecule has 1 aromatic carbocycles. The van der Waals surface area contributed by atoms with Crippen LogP contribution in [0.3, 0.4) is 0 Å². The Morgan fingerprint density at radius 3 is 2.16 bits per heavy atom. The Kier molecular flexibility index (Phi) is 5.70. The maximum atomic E-state index is 12.7. The molecule has 1 aromatic rings. The summed E-state index contributed by atoms with van der Waals surface area (Å²) in [7, 11) is 0.0816. The van der Waals surface area contributed by atoms with E-state index in [9.17, 15) is 4.57 Å². The summed E-state index contributed by atoms with van der Waals surface area (Å²) >= 11 is 3.30. The number of rotatable bonds is 6. The molecule has 0 fully saturated rings. The van der Waals surface area contributed by atoms with E-state index < -0.39 is 12.9 Å². The van der Waals surface area contributed by atoms with E-state index in [-0.39, 0.29) is 0 Å². The van der Waals surface area contributed by atoms with Gasteiger partial charge in [0.2, 0.25) is 5.34 Å². The number of methoxy groups -OCH3 is 1. The van der Waals surface area contributed by atoms with Crippen LogP contribution in [-0.4, -0.2) is 32.8 Å². The fourth-order valence-electron chi connectivity index (χ4n) is 1.70. The molecule has 8 heteroatoms. The Balaban J connectivity index is 3.51. The number of halogens is 1. The second-order valence-electron chi connectivity index (χ2n) is 3.51. The van der Waals surface area contributed by atoms with Crippen LogP contribution < -0.4 is 0 Å². The van der Waals surface area contributed by atoms with Gasteiger partial charge in [-0.2, -0.15) is 0 Å². The fraction of sp³-hybridized carbons (Fsp3) is 0.364. The van der Waals surface area contributed by atoms with Gasteiger partial charge in [-0.05, 0) is 12.1 Å². The summed E-state index contributed by atoms with van der Waals surface area (Å²) in [4.78, 5) is 0. The summed E-state index contributed by atoms with van der Waals surface area (Å²) in [5, 5.41) is 10.2. The number of benzene rings is 1. The van der Waals surface area contributed by atoms with Crippen LogP contribution in [0.5, 0.6) is 0 Å². The van der Waals surface area contributed by atoms with E-state index in [0.717, 1.165) is 10.7 Å². The van der Waals surface area contributed by atoms with Crippen LogP contribution in [0.4, 0.5) is 0 Å². The lowest BCUT2D eigenvalue weighted by Crippen LogP contribution is -2.31. The van der Waals surface area contributed by atoms with Crippen LogP contribution in [0.1, 0.15) is 5.56 Å². The van der Waals surface area contributed by atoms with E-state index in [4.69, 9.17) is 19.0 Å². The van der Waals surface area contributed by atoms with Crippen molar-refractivity contribution in [2.45, 2.75) is 5.34 Å². The first kappa shape index (κ1) is 16.3. The molecule has 0 saturated carbocycles. The van der Waals surface area contributed by atoms with E-state index in [1.54, 1.807) is 24.3 Å². The molecule has 1 unspecified atom stereocenters. The minimum Gasteiger partial charge on any atom is -0.411 e. The predicted molar refractivity (Wildman–Crippen MR) is 74.7 cm³/mol. The van der Waals surface area contributed by atoms with Crippen molar-refractivity contribution < 1.29 is 23.6 Å². The monoisotopic (exact) mass is 351 g/mol. The average molecular weight is 352 g/mol. The number of hydrogen-bond donors (Lipinski definition) is 1. The molecule has 0 aliphatic carbocycles. The maximum Gasteiger partial charge on any atom is 0.372 e. The van der Waals surface area contributed by atoms with Crippen LogP contribution >= 0.6 is 23.5 Å². The van der Waals surface area contributed by atoms with Gasteiger partial charge in [0.15, 0.2) is 0 Å². The largest absolute Gasteiger partial charge is 0.411 e. The van der Waals surface area contributed by atoms with Gasteiger partial charge in [-0.15, -0.1) is 0 Å². The summed E-state index contributed by atoms with van der Waals surface area (Å²) < 4.78 is 28.8. The highest BCUT2D eigenvalue weighted by atomic mass is 79.9. The van der Waals surface area contributed by atoms with Gasteiger partial charge in [0.1, 0.15) is 0 Å². The maximum absolute atomic E-state index is 12.7. The Morgan fingerprint density at radius 1 is 1.26 bits per heavy atom. The van der Waals surface area contributed by atoms with Gasteiger partial charge in [-0.3, -0.25) is 4.57 Å². The van der Waals surface area contributed by atoms with Crippen LogP contribution in [0.2, 0.25) is 0 Å². The second kappa shape index (κ2) is 6.63. The molecule has 0 heterocycles. The van der Waals surface area contributed by atoms with Gasteiger partial charge >= 0.3 is 7.60 Å². The zero-order chi connectivity index (χ0) is 14.5. The van der Waals surface area contributed by atoms with Crippen molar-refractivity contribution in [3.63, 3.8) is 0 Å². The lowest BCUT2D eigenvalue weighted by Gasteiger charge is -2.33. The Labute approximate surface area is 120 Å². The van der Waals surface area contributed by atoms with Crippen molar-refractivity contribution in [2.75, 3.05) is 21.3 Å². The van der Waals surface area contributed by atoms with E-state index in [0.29, 0.717) is 5.56 Å². The predicted octanol–water partition coefficient (Wildman–Crippen LogP) is 3.19. The third-order valence-electron chi connectivity index (χ3n) is 2.69. The molecule has 0 aromatic heterocycles. The van der Waals surface area contributed by atoms with Gasteiger partial charge < -0.3 is 19.0 Å². The molecule has 19 heavy (non-hydrogen) atoms. The number of nitrogens with zero attached hydrogens (tertiary/aromatic N) is 1. The lowest BCUT2D eigenvalue weighted by atomic mass is 10.1. The highest BCUT2D eigenvalue weighted by Crippen LogP contribution is 2.63. The lowest BCUT2D eigenvalue weighted by molar-refractivity contribution is 0.0806. The highest BCUT2D eigenvalue weighted by Gasteiger charge is 2.51. The van der Waals surface area contributed by atoms with Crippen molar-refractivity contribution in [3.05, 3.63) is 34.3 Å². The molecule has 0 aliphatic heterocycles. The van der Waals surface area contributed by atoms with Gasteiger partial charge in [-0.1, -0.05) is 33.2 Å². The minimum atomic E-state index is -3.72. The summed E-state index contributed by atoms with van der Waals surface area (Å²) in [6, 6.07) is 6.81. The van der Waals surface area contributed by atoms with Crippen LogP contribution in [0.25, 0.3) is 0 Å². The summed E-state index contributed by atoms with van der Waals surface area (Å²) in [5.41, 5.74) is 0.475. The minimum absolute atomic E-state index is 0.475. The number of hydrogen-bond acceptors (Lipinski definition) is 6. The zero-order valence-electron chi connectivity index (χ0n) is 10.7. The Hall–Kier alpha value is -0.720. The molecule has 6 nitrogen and oxygen atoms in total. The molecule has 106 valence electrons. The Bertz CT molecular complexity index is 484. The molecule has 0 bridgehead atoms. The number of oxime groups is 1. The smallest absolute Gasteiger partial charge is 0.372 e. The first-order valence-corrected chi connectivity index (χ1v) is 7.54. The van der Waals surface area contributed by atoms with Crippen LogP contribution in [-0.2, 0) is 23.7 Å². The highest BCUT2D eigenvalue weighted by molar-refractivity contribution is 9.10.